The molecule has 1 aliphatic rings. The van der Waals surface area contributed by atoms with Gasteiger partial charge >= 0.3 is 0 Å². The molecule has 0 bridgehead atoms. The van der Waals surface area contributed by atoms with Gasteiger partial charge in [0.05, 0.1) is 37.6 Å². The fourth-order valence-electron chi connectivity index (χ4n) is 1.89. The van der Waals surface area contributed by atoms with Crippen molar-refractivity contribution in [2.75, 3.05) is 27.4 Å². The van der Waals surface area contributed by atoms with Gasteiger partial charge in [0.1, 0.15) is 11.5 Å². The van der Waals surface area contributed by atoms with E-state index in [4.69, 9.17) is 9.47 Å². The van der Waals surface area contributed by atoms with E-state index in [9.17, 15) is 10.2 Å². The lowest BCUT2D eigenvalue weighted by atomic mass is 10.2. The number of hydrogen-bond acceptors (Lipinski definition) is 6. The molecule has 19 heavy (non-hydrogen) atoms. The Kier molecular flexibility index (Phi) is 5.04. The number of thioether (sulfide) groups is 2. The number of benzene rings is 1. The number of aliphatic hydroxyl groups excluding tert-OH is 2. The minimum atomic E-state index is -0.0540. The molecule has 0 fully saturated rings. The van der Waals surface area contributed by atoms with Gasteiger partial charge in [-0.2, -0.15) is 0 Å². The molecule has 1 heterocycles. The van der Waals surface area contributed by atoms with E-state index in [2.05, 4.69) is 0 Å². The summed E-state index contributed by atoms with van der Waals surface area (Å²) in [6.45, 7) is -0.108. The first-order valence-electron chi connectivity index (χ1n) is 5.73. The van der Waals surface area contributed by atoms with Crippen molar-refractivity contribution in [3.8, 4) is 11.5 Å². The highest BCUT2D eigenvalue weighted by atomic mass is 32.2. The van der Waals surface area contributed by atoms with Crippen molar-refractivity contribution in [1.29, 1.82) is 0 Å². The molecule has 0 radical (unpaired) electrons. The third-order valence-corrected chi connectivity index (χ3v) is 5.72. The lowest BCUT2D eigenvalue weighted by Gasteiger charge is -2.17. The Morgan fingerprint density at radius 3 is 1.84 bits per heavy atom. The quantitative estimate of drug-likeness (QED) is 0.870. The van der Waals surface area contributed by atoms with Crippen LogP contribution in [0, 0.1) is 0 Å². The van der Waals surface area contributed by atoms with Crippen LogP contribution in [0.15, 0.2) is 28.0 Å². The van der Waals surface area contributed by atoms with E-state index in [-0.39, 0.29) is 17.8 Å². The molecule has 0 aliphatic carbocycles. The smallest absolute Gasteiger partial charge is 0.127 e. The number of methoxy groups -OCH3 is 2. The van der Waals surface area contributed by atoms with Gasteiger partial charge in [0.15, 0.2) is 0 Å². The zero-order chi connectivity index (χ0) is 13.8. The maximum absolute atomic E-state index is 9.32. The van der Waals surface area contributed by atoms with Crippen molar-refractivity contribution in [1.82, 2.24) is 0 Å². The molecule has 0 saturated carbocycles. The van der Waals surface area contributed by atoms with Gasteiger partial charge in [0, 0.05) is 9.81 Å². The Morgan fingerprint density at radius 1 is 1.00 bits per heavy atom. The van der Waals surface area contributed by atoms with E-state index in [1.165, 1.54) is 23.5 Å². The number of aliphatic hydroxyl groups is 2. The first-order chi connectivity index (χ1) is 9.24. The Balaban J connectivity index is 2.34. The van der Waals surface area contributed by atoms with E-state index in [0.29, 0.717) is 0 Å². The second-order valence-electron chi connectivity index (χ2n) is 3.81. The number of rotatable bonds is 5. The van der Waals surface area contributed by atoms with Gasteiger partial charge in [-0.25, -0.2) is 0 Å². The lowest BCUT2D eigenvalue weighted by Crippen LogP contribution is -1.97. The van der Waals surface area contributed by atoms with Crippen LogP contribution >= 0.6 is 23.5 Å². The minimum Gasteiger partial charge on any atom is -0.496 e. The molecule has 6 heteroatoms. The second-order valence-corrected chi connectivity index (χ2v) is 6.50. The van der Waals surface area contributed by atoms with Crippen molar-refractivity contribution in [3.05, 3.63) is 33.6 Å². The first kappa shape index (κ1) is 14.6. The Bertz CT molecular complexity index is 449. The third-order valence-electron chi connectivity index (χ3n) is 2.80. The molecular formula is C13H16O4S2. The van der Waals surface area contributed by atoms with Crippen molar-refractivity contribution in [2.45, 2.75) is 4.58 Å². The van der Waals surface area contributed by atoms with Crippen LogP contribution in [0.1, 0.15) is 10.1 Å². The molecule has 0 aromatic heterocycles. The molecular weight excluding hydrogens is 284 g/mol. The molecule has 1 aromatic carbocycles. The van der Waals surface area contributed by atoms with Crippen molar-refractivity contribution >= 4 is 23.5 Å². The molecule has 0 saturated heterocycles. The topological polar surface area (TPSA) is 58.9 Å². The second kappa shape index (κ2) is 6.56. The molecule has 0 atom stereocenters. The summed E-state index contributed by atoms with van der Waals surface area (Å²) in [5.74, 6) is 1.50. The van der Waals surface area contributed by atoms with Gasteiger partial charge in [-0.05, 0) is 12.1 Å². The Labute approximate surface area is 120 Å². The number of ether oxygens (including phenoxy) is 2. The first-order valence-corrected chi connectivity index (χ1v) is 7.49. The van der Waals surface area contributed by atoms with Gasteiger partial charge < -0.3 is 19.7 Å². The van der Waals surface area contributed by atoms with Crippen LogP contribution in [-0.4, -0.2) is 37.6 Å². The molecule has 0 spiro atoms. The van der Waals surface area contributed by atoms with Crippen molar-refractivity contribution in [2.24, 2.45) is 0 Å². The molecule has 104 valence electrons. The largest absolute Gasteiger partial charge is 0.496 e. The maximum Gasteiger partial charge on any atom is 0.127 e. The summed E-state index contributed by atoms with van der Waals surface area (Å²) >= 11 is 3.06. The van der Waals surface area contributed by atoms with E-state index in [1.54, 1.807) is 14.2 Å². The zero-order valence-corrected chi connectivity index (χ0v) is 12.4. The van der Waals surface area contributed by atoms with E-state index in [1.807, 2.05) is 18.2 Å². The SMILES string of the molecule is COc1cccc(OC)c1C1SC(CO)=C(CO)S1. The van der Waals surface area contributed by atoms with Crippen LogP contribution in [0.5, 0.6) is 11.5 Å². The summed E-state index contributed by atoms with van der Waals surface area (Å²) < 4.78 is 10.8. The van der Waals surface area contributed by atoms with E-state index < -0.39 is 0 Å². The van der Waals surface area contributed by atoms with Crippen LogP contribution in [0.4, 0.5) is 0 Å². The predicted molar refractivity (Wildman–Crippen MR) is 78.7 cm³/mol. The third kappa shape index (κ3) is 2.86. The Morgan fingerprint density at radius 2 is 1.47 bits per heavy atom. The van der Waals surface area contributed by atoms with Gasteiger partial charge in [-0.3, -0.25) is 0 Å². The fraction of sp³-hybridized carbons (Fsp3) is 0.385. The van der Waals surface area contributed by atoms with Crippen molar-refractivity contribution < 1.29 is 19.7 Å². The van der Waals surface area contributed by atoms with Crippen LogP contribution in [0.25, 0.3) is 0 Å². The summed E-state index contributed by atoms with van der Waals surface area (Å²) in [7, 11) is 3.24. The molecule has 4 nitrogen and oxygen atoms in total. The molecule has 1 aromatic rings. The van der Waals surface area contributed by atoms with Gasteiger partial charge in [-0.15, -0.1) is 23.5 Å². The molecule has 1 aliphatic heterocycles. The highest BCUT2D eigenvalue weighted by molar-refractivity contribution is 8.22. The lowest BCUT2D eigenvalue weighted by molar-refractivity contribution is 0.324. The molecule has 2 rings (SSSR count). The average molecular weight is 300 g/mol. The van der Waals surface area contributed by atoms with E-state index >= 15 is 0 Å². The van der Waals surface area contributed by atoms with Gasteiger partial charge in [-0.1, -0.05) is 6.07 Å². The highest BCUT2D eigenvalue weighted by Crippen LogP contribution is 2.58. The molecule has 2 N–H and O–H groups in total. The average Bonchev–Trinajstić information content (AvgIpc) is 2.89. The predicted octanol–water partition coefficient (Wildman–Crippen LogP) is 2.38. The normalized spacial score (nSPS) is 16.0. The summed E-state index contributed by atoms with van der Waals surface area (Å²) in [6, 6.07) is 5.64. The maximum atomic E-state index is 9.32. The summed E-state index contributed by atoms with van der Waals surface area (Å²) in [5.41, 5.74) is 0.942. The van der Waals surface area contributed by atoms with Crippen LogP contribution in [-0.2, 0) is 0 Å². The van der Waals surface area contributed by atoms with Gasteiger partial charge in [0.25, 0.3) is 0 Å². The van der Waals surface area contributed by atoms with Crippen LogP contribution in [0.2, 0.25) is 0 Å². The standard InChI is InChI=1S/C13H16O4S2/c1-16-8-4-3-5-9(17-2)12(8)13-18-10(6-14)11(7-15)19-13/h3-5,13-15H,6-7H2,1-2H3. The molecule has 0 unspecified atom stereocenters. The minimum absolute atomic E-state index is 0.0235. The fourth-order valence-corrected chi connectivity index (χ4v) is 4.83. The van der Waals surface area contributed by atoms with Crippen molar-refractivity contribution in [3.63, 3.8) is 0 Å². The van der Waals surface area contributed by atoms with Gasteiger partial charge in [0.2, 0.25) is 0 Å². The van der Waals surface area contributed by atoms with Crippen LogP contribution < -0.4 is 9.47 Å². The van der Waals surface area contributed by atoms with E-state index in [0.717, 1.165) is 26.9 Å². The Hall–Kier alpha value is -0.820. The summed E-state index contributed by atoms with van der Waals surface area (Å²) in [6.07, 6.45) is 0. The zero-order valence-electron chi connectivity index (χ0n) is 10.8. The molecule has 0 amide bonds. The number of hydrogen-bond donors (Lipinski definition) is 2. The monoisotopic (exact) mass is 300 g/mol. The highest BCUT2D eigenvalue weighted by Gasteiger charge is 2.30. The summed E-state index contributed by atoms with van der Waals surface area (Å²) in [5, 5.41) is 18.6. The summed E-state index contributed by atoms with van der Waals surface area (Å²) in [4.78, 5) is 1.62. The van der Waals surface area contributed by atoms with Crippen LogP contribution in [0.3, 0.4) is 0 Å².